The van der Waals surface area contributed by atoms with Crippen molar-refractivity contribution in [1.82, 2.24) is 20.1 Å². The molecule has 1 atom stereocenters. The van der Waals surface area contributed by atoms with Gasteiger partial charge in [0.25, 0.3) is 0 Å². The van der Waals surface area contributed by atoms with E-state index in [1.54, 1.807) is 0 Å². The Morgan fingerprint density at radius 2 is 2.12 bits per heavy atom. The van der Waals surface area contributed by atoms with E-state index in [1.807, 2.05) is 16.9 Å². The number of nitrogens with one attached hydrogen (secondary N) is 1. The molecule has 1 rings (SSSR count). The summed E-state index contributed by atoms with van der Waals surface area (Å²) < 4.78 is 1.99. The highest BCUT2D eigenvalue weighted by atomic mass is 15.3. The Bertz CT molecular complexity index is 306. The summed E-state index contributed by atoms with van der Waals surface area (Å²) in [6, 6.07) is 2.22. The lowest BCUT2D eigenvalue weighted by Gasteiger charge is -2.22. The largest absolute Gasteiger partial charge is 0.304 e. The van der Waals surface area contributed by atoms with Gasteiger partial charge in [0.05, 0.1) is 11.7 Å². The smallest absolute Gasteiger partial charge is 0.0641 e. The minimum absolute atomic E-state index is 0.179. The van der Waals surface area contributed by atoms with Crippen LogP contribution in [0.3, 0.4) is 0 Å². The van der Waals surface area contributed by atoms with Crippen molar-refractivity contribution < 1.29 is 0 Å². The molecule has 0 bridgehead atoms. The van der Waals surface area contributed by atoms with Crippen molar-refractivity contribution in [3.63, 3.8) is 0 Å². The molecular weight excluding hydrogens is 214 g/mol. The van der Waals surface area contributed by atoms with Crippen LogP contribution in [0, 0.1) is 0 Å². The maximum Gasteiger partial charge on any atom is 0.0641 e. The lowest BCUT2D eigenvalue weighted by molar-refractivity contribution is 0.279. The lowest BCUT2D eigenvalue weighted by atomic mass is 10.1. The van der Waals surface area contributed by atoms with Crippen molar-refractivity contribution in [2.75, 3.05) is 19.6 Å². The second-order valence-corrected chi connectivity index (χ2v) is 4.11. The second-order valence-electron chi connectivity index (χ2n) is 4.11. The Kier molecular flexibility index (Phi) is 6.18. The average molecular weight is 239 g/mol. The van der Waals surface area contributed by atoms with Gasteiger partial charge in [-0.2, -0.15) is 5.10 Å². The molecule has 0 amide bonds. The van der Waals surface area contributed by atoms with Crippen molar-refractivity contribution in [2.45, 2.75) is 39.8 Å². The topological polar surface area (TPSA) is 59.1 Å². The highest BCUT2D eigenvalue weighted by Gasteiger charge is 2.14. The fraction of sp³-hybridized carbons (Fsp3) is 0.750. The van der Waals surface area contributed by atoms with Gasteiger partial charge in [-0.25, -0.2) is 0 Å². The van der Waals surface area contributed by atoms with Gasteiger partial charge in [0, 0.05) is 19.3 Å². The van der Waals surface area contributed by atoms with Crippen LogP contribution in [0.2, 0.25) is 0 Å². The summed E-state index contributed by atoms with van der Waals surface area (Å²) in [4.78, 5) is 2.40. The zero-order valence-electron chi connectivity index (χ0n) is 11.2. The zero-order chi connectivity index (χ0) is 12.7. The Balaban J connectivity index is 2.59. The molecule has 0 spiro atoms. The number of nitrogens with two attached hydrogens (primary N) is 1. The number of nitrogens with zero attached hydrogens (tertiary/aromatic N) is 3. The molecule has 1 unspecified atom stereocenters. The van der Waals surface area contributed by atoms with E-state index in [9.17, 15) is 0 Å². The lowest BCUT2D eigenvalue weighted by Crippen LogP contribution is -2.34. The maximum absolute atomic E-state index is 5.65. The standard InChI is InChI=1S/C12H25N5/c1-4-16(5-2)10-8-11(15-13)12-7-9-14-17(12)6-3/h7,9,11,15H,4-6,8,10,13H2,1-3H3. The molecule has 1 aromatic heterocycles. The minimum atomic E-state index is 0.179. The van der Waals surface area contributed by atoms with E-state index in [1.165, 1.54) is 5.69 Å². The molecule has 3 N–H and O–H groups in total. The summed E-state index contributed by atoms with van der Waals surface area (Å²) in [6.45, 7) is 10.6. The van der Waals surface area contributed by atoms with E-state index < -0.39 is 0 Å². The maximum atomic E-state index is 5.65. The molecule has 0 saturated carbocycles. The molecule has 0 aromatic carbocycles. The number of hydrazine groups is 1. The van der Waals surface area contributed by atoms with Crippen LogP contribution in [0.5, 0.6) is 0 Å². The molecule has 0 saturated heterocycles. The molecule has 0 aliphatic heterocycles. The Morgan fingerprint density at radius 3 is 2.65 bits per heavy atom. The molecular formula is C12H25N5. The van der Waals surface area contributed by atoms with Crippen LogP contribution in [0.1, 0.15) is 38.9 Å². The molecule has 0 fully saturated rings. The van der Waals surface area contributed by atoms with Crippen molar-refractivity contribution in [3.8, 4) is 0 Å². The highest BCUT2D eigenvalue weighted by Crippen LogP contribution is 2.15. The van der Waals surface area contributed by atoms with Gasteiger partial charge in [0.1, 0.15) is 0 Å². The first-order chi connectivity index (χ1) is 8.26. The third kappa shape index (κ3) is 3.80. The number of hydrogen-bond donors (Lipinski definition) is 2. The van der Waals surface area contributed by atoms with Crippen LogP contribution in [0.15, 0.2) is 12.3 Å². The first-order valence-electron chi connectivity index (χ1n) is 6.46. The predicted molar refractivity (Wildman–Crippen MR) is 70.4 cm³/mol. The summed E-state index contributed by atoms with van der Waals surface area (Å²) >= 11 is 0. The number of hydrogen-bond acceptors (Lipinski definition) is 4. The van der Waals surface area contributed by atoms with E-state index in [2.05, 4.69) is 36.2 Å². The van der Waals surface area contributed by atoms with Gasteiger partial charge in [0.2, 0.25) is 0 Å². The normalized spacial score (nSPS) is 13.2. The first kappa shape index (κ1) is 14.2. The molecule has 17 heavy (non-hydrogen) atoms. The van der Waals surface area contributed by atoms with Crippen LogP contribution in [-0.2, 0) is 6.54 Å². The van der Waals surface area contributed by atoms with Gasteiger partial charge in [-0.05, 0) is 32.5 Å². The molecule has 98 valence electrons. The Hall–Kier alpha value is -0.910. The van der Waals surface area contributed by atoms with Gasteiger partial charge in [-0.1, -0.05) is 13.8 Å². The summed E-state index contributed by atoms with van der Waals surface area (Å²) in [6.07, 6.45) is 2.84. The molecule has 0 radical (unpaired) electrons. The van der Waals surface area contributed by atoms with Crippen molar-refractivity contribution in [2.24, 2.45) is 5.84 Å². The minimum Gasteiger partial charge on any atom is -0.304 e. The number of rotatable bonds is 8. The van der Waals surface area contributed by atoms with E-state index >= 15 is 0 Å². The van der Waals surface area contributed by atoms with Gasteiger partial charge in [-0.3, -0.25) is 16.0 Å². The Labute approximate surface area is 104 Å². The van der Waals surface area contributed by atoms with E-state index in [0.717, 1.165) is 32.6 Å². The zero-order valence-corrected chi connectivity index (χ0v) is 11.2. The van der Waals surface area contributed by atoms with Gasteiger partial charge in [0.15, 0.2) is 0 Å². The van der Waals surface area contributed by atoms with Gasteiger partial charge in [-0.15, -0.1) is 0 Å². The van der Waals surface area contributed by atoms with Gasteiger partial charge >= 0.3 is 0 Å². The SMILES string of the molecule is CCN(CC)CCC(NN)c1ccnn1CC. The van der Waals surface area contributed by atoms with Crippen LogP contribution in [0.25, 0.3) is 0 Å². The molecule has 1 aromatic rings. The van der Waals surface area contributed by atoms with E-state index in [4.69, 9.17) is 5.84 Å². The molecule has 5 nitrogen and oxygen atoms in total. The summed E-state index contributed by atoms with van der Waals surface area (Å²) in [5.41, 5.74) is 4.06. The van der Waals surface area contributed by atoms with E-state index in [0.29, 0.717) is 0 Å². The van der Waals surface area contributed by atoms with Crippen molar-refractivity contribution in [3.05, 3.63) is 18.0 Å². The fourth-order valence-corrected chi connectivity index (χ4v) is 2.07. The van der Waals surface area contributed by atoms with Gasteiger partial charge < -0.3 is 4.90 Å². The third-order valence-corrected chi connectivity index (χ3v) is 3.24. The van der Waals surface area contributed by atoms with Crippen LogP contribution < -0.4 is 11.3 Å². The summed E-state index contributed by atoms with van der Waals surface area (Å²) in [5.74, 6) is 5.65. The van der Waals surface area contributed by atoms with Crippen LogP contribution >= 0.6 is 0 Å². The fourth-order valence-electron chi connectivity index (χ4n) is 2.07. The first-order valence-corrected chi connectivity index (χ1v) is 6.46. The molecule has 0 aliphatic carbocycles. The average Bonchev–Trinajstić information content (AvgIpc) is 2.83. The molecule has 0 aliphatic rings. The van der Waals surface area contributed by atoms with Crippen molar-refractivity contribution in [1.29, 1.82) is 0 Å². The Morgan fingerprint density at radius 1 is 1.41 bits per heavy atom. The second kappa shape index (κ2) is 7.42. The predicted octanol–water partition coefficient (Wildman–Crippen LogP) is 1.14. The highest BCUT2D eigenvalue weighted by molar-refractivity contribution is 5.06. The number of aromatic nitrogens is 2. The molecule has 5 heteroatoms. The quantitative estimate of drug-likeness (QED) is 0.527. The number of aryl methyl sites for hydroxylation is 1. The van der Waals surface area contributed by atoms with E-state index in [-0.39, 0.29) is 6.04 Å². The summed E-state index contributed by atoms with van der Waals surface area (Å²) in [7, 11) is 0. The summed E-state index contributed by atoms with van der Waals surface area (Å²) in [5, 5.41) is 4.28. The van der Waals surface area contributed by atoms with Crippen molar-refractivity contribution >= 4 is 0 Å². The monoisotopic (exact) mass is 239 g/mol. The van der Waals surface area contributed by atoms with Crippen LogP contribution in [0.4, 0.5) is 0 Å². The molecule has 1 heterocycles. The van der Waals surface area contributed by atoms with Crippen LogP contribution in [-0.4, -0.2) is 34.3 Å². The third-order valence-electron chi connectivity index (χ3n) is 3.24.